The van der Waals surface area contributed by atoms with E-state index in [1.807, 2.05) is 97.0 Å². The SMILES string of the molecule is COCC(C)OCC(C)OCC(C)OCC(C)OCC(C)OCC(C)OCC(C)Oc1ccc(-c2ccc(C=O)cc2)cc1. The van der Waals surface area contributed by atoms with Crippen molar-refractivity contribution in [2.45, 2.75) is 91.2 Å². The van der Waals surface area contributed by atoms with Crippen molar-refractivity contribution in [3.63, 3.8) is 0 Å². The van der Waals surface area contributed by atoms with Gasteiger partial charge in [0.25, 0.3) is 0 Å². The highest BCUT2D eigenvalue weighted by atomic mass is 16.6. The Bertz CT molecular complexity index is 1010. The summed E-state index contributed by atoms with van der Waals surface area (Å²) in [6, 6.07) is 15.4. The van der Waals surface area contributed by atoms with Crippen molar-refractivity contribution >= 4 is 6.29 Å². The first-order chi connectivity index (χ1) is 21.1. The Kier molecular flexibility index (Phi) is 18.4. The Morgan fingerprint density at radius 3 is 1.14 bits per heavy atom. The molecule has 0 heterocycles. The highest BCUT2D eigenvalue weighted by Gasteiger charge is 2.14. The van der Waals surface area contributed by atoms with Gasteiger partial charge in [-0.25, -0.2) is 0 Å². The van der Waals surface area contributed by atoms with Gasteiger partial charge in [-0.2, -0.15) is 0 Å². The quantitative estimate of drug-likeness (QED) is 0.131. The van der Waals surface area contributed by atoms with E-state index in [0.29, 0.717) is 51.8 Å². The number of rotatable bonds is 24. The molecule has 2 aromatic rings. The maximum absolute atomic E-state index is 10.9. The number of carbonyl (C=O) groups is 1. The van der Waals surface area contributed by atoms with Crippen LogP contribution in [0.5, 0.6) is 5.75 Å². The standard InChI is InChI=1S/C35H54O9/c1-25(18-37-8)38-19-26(2)39-20-27(3)40-21-28(4)41-22-29(5)42-23-30(6)43-24-31(7)44-35-15-13-34(14-16-35)33-11-9-32(17-36)10-12-33/h9-17,25-31H,18-24H2,1-8H3. The smallest absolute Gasteiger partial charge is 0.150 e. The Labute approximate surface area is 264 Å². The number of carbonyl (C=O) groups excluding carboxylic acids is 1. The summed E-state index contributed by atoms with van der Waals surface area (Å²) >= 11 is 0. The fourth-order valence-corrected chi connectivity index (χ4v) is 4.07. The number of ether oxygens (including phenoxy) is 8. The second-order valence-electron chi connectivity index (χ2n) is 11.5. The van der Waals surface area contributed by atoms with Crippen LogP contribution >= 0.6 is 0 Å². The summed E-state index contributed by atoms with van der Waals surface area (Å²) in [6.45, 7) is 17.3. The van der Waals surface area contributed by atoms with Gasteiger partial charge in [0.05, 0.1) is 82.9 Å². The van der Waals surface area contributed by atoms with Crippen molar-refractivity contribution in [1.82, 2.24) is 0 Å². The van der Waals surface area contributed by atoms with Gasteiger partial charge in [0.2, 0.25) is 0 Å². The Morgan fingerprint density at radius 1 is 0.477 bits per heavy atom. The fraction of sp³-hybridized carbons (Fsp3) is 0.629. The van der Waals surface area contributed by atoms with Gasteiger partial charge in [-0.1, -0.05) is 36.4 Å². The van der Waals surface area contributed by atoms with E-state index >= 15 is 0 Å². The van der Waals surface area contributed by atoms with Crippen LogP contribution in [0.25, 0.3) is 11.1 Å². The maximum atomic E-state index is 10.9. The summed E-state index contributed by atoms with van der Waals surface area (Å²) in [6.07, 6.45) is 0.467. The lowest BCUT2D eigenvalue weighted by molar-refractivity contribution is -0.105. The van der Waals surface area contributed by atoms with Crippen molar-refractivity contribution in [3.8, 4) is 16.9 Å². The Hall–Kier alpha value is -2.37. The van der Waals surface area contributed by atoms with E-state index in [-0.39, 0.29) is 42.7 Å². The number of hydrogen-bond donors (Lipinski definition) is 0. The lowest BCUT2D eigenvalue weighted by atomic mass is 10.0. The molecular weight excluding hydrogens is 564 g/mol. The molecule has 0 saturated heterocycles. The minimum Gasteiger partial charge on any atom is -0.488 e. The van der Waals surface area contributed by atoms with E-state index in [4.69, 9.17) is 37.9 Å². The molecule has 2 aromatic carbocycles. The minimum atomic E-state index is -0.120. The van der Waals surface area contributed by atoms with E-state index in [1.54, 1.807) is 7.11 Å². The summed E-state index contributed by atoms with van der Waals surface area (Å²) in [4.78, 5) is 10.9. The third kappa shape index (κ3) is 16.1. The molecule has 0 radical (unpaired) electrons. The van der Waals surface area contributed by atoms with E-state index in [1.165, 1.54) is 0 Å². The number of aldehydes is 1. The molecule has 0 aromatic heterocycles. The molecule has 9 nitrogen and oxygen atoms in total. The topological polar surface area (TPSA) is 90.9 Å². The van der Waals surface area contributed by atoms with E-state index in [9.17, 15) is 4.79 Å². The van der Waals surface area contributed by atoms with Crippen molar-refractivity contribution in [2.75, 3.05) is 53.4 Å². The molecule has 7 unspecified atom stereocenters. The zero-order valence-corrected chi connectivity index (χ0v) is 27.9. The lowest BCUT2D eigenvalue weighted by Crippen LogP contribution is -2.30. The van der Waals surface area contributed by atoms with Crippen LogP contribution in [0.4, 0.5) is 0 Å². The van der Waals surface area contributed by atoms with E-state index in [0.717, 1.165) is 23.2 Å². The first kappa shape index (κ1) is 37.8. The van der Waals surface area contributed by atoms with Crippen LogP contribution in [0.2, 0.25) is 0 Å². The third-order valence-electron chi connectivity index (χ3n) is 6.67. The van der Waals surface area contributed by atoms with Gasteiger partial charge in [-0.05, 0) is 71.7 Å². The molecule has 0 bridgehead atoms. The fourth-order valence-electron chi connectivity index (χ4n) is 4.07. The van der Waals surface area contributed by atoms with Crippen molar-refractivity contribution < 1.29 is 42.7 Å². The van der Waals surface area contributed by atoms with Gasteiger partial charge in [0, 0.05) is 12.7 Å². The summed E-state index contributed by atoms with van der Waals surface area (Å²) in [5, 5.41) is 0. The molecule has 0 N–H and O–H groups in total. The highest BCUT2D eigenvalue weighted by molar-refractivity contribution is 5.77. The monoisotopic (exact) mass is 618 g/mol. The first-order valence-electron chi connectivity index (χ1n) is 15.6. The van der Waals surface area contributed by atoms with Gasteiger partial charge < -0.3 is 37.9 Å². The lowest BCUT2D eigenvalue weighted by Gasteiger charge is -2.23. The van der Waals surface area contributed by atoms with Gasteiger partial charge in [0.15, 0.2) is 0 Å². The molecule has 9 heteroatoms. The molecule has 7 atom stereocenters. The summed E-state index contributed by atoms with van der Waals surface area (Å²) < 4.78 is 46.3. The van der Waals surface area contributed by atoms with Crippen LogP contribution < -0.4 is 4.74 Å². The predicted molar refractivity (Wildman–Crippen MR) is 172 cm³/mol. The van der Waals surface area contributed by atoms with Crippen LogP contribution in [-0.4, -0.2) is 102 Å². The zero-order chi connectivity index (χ0) is 32.3. The zero-order valence-electron chi connectivity index (χ0n) is 27.9. The molecule has 0 saturated carbocycles. The second-order valence-corrected chi connectivity index (χ2v) is 11.5. The minimum absolute atomic E-state index is 0.0205. The molecule has 2 rings (SSSR count). The molecule has 248 valence electrons. The number of methoxy groups -OCH3 is 1. The second kappa shape index (κ2) is 21.4. The first-order valence-corrected chi connectivity index (χ1v) is 15.6. The molecule has 0 aliphatic carbocycles. The molecule has 44 heavy (non-hydrogen) atoms. The van der Waals surface area contributed by atoms with Crippen molar-refractivity contribution in [1.29, 1.82) is 0 Å². The highest BCUT2D eigenvalue weighted by Crippen LogP contribution is 2.23. The van der Waals surface area contributed by atoms with Gasteiger partial charge >= 0.3 is 0 Å². The average molecular weight is 619 g/mol. The summed E-state index contributed by atoms with van der Waals surface area (Å²) in [5.41, 5.74) is 2.77. The average Bonchev–Trinajstić information content (AvgIpc) is 3.03. The number of hydrogen-bond acceptors (Lipinski definition) is 9. The van der Waals surface area contributed by atoms with Crippen LogP contribution in [0.15, 0.2) is 48.5 Å². The molecule has 0 fully saturated rings. The van der Waals surface area contributed by atoms with E-state index < -0.39 is 0 Å². The molecular formula is C35H54O9. The summed E-state index contributed by atoms with van der Waals surface area (Å²) in [7, 11) is 1.66. The third-order valence-corrected chi connectivity index (χ3v) is 6.67. The Morgan fingerprint density at radius 2 is 0.795 bits per heavy atom. The Balaban J connectivity index is 1.54. The normalized spacial score (nSPS) is 16.5. The van der Waals surface area contributed by atoms with Crippen molar-refractivity contribution in [3.05, 3.63) is 54.1 Å². The number of benzene rings is 2. The van der Waals surface area contributed by atoms with Crippen LogP contribution in [-0.2, 0) is 33.2 Å². The summed E-state index contributed by atoms with van der Waals surface area (Å²) in [5.74, 6) is 0.775. The van der Waals surface area contributed by atoms with E-state index in [2.05, 4.69) is 0 Å². The largest absolute Gasteiger partial charge is 0.488 e. The molecule has 0 amide bonds. The van der Waals surface area contributed by atoms with Gasteiger partial charge in [-0.15, -0.1) is 0 Å². The van der Waals surface area contributed by atoms with Gasteiger partial charge in [0.1, 0.15) is 18.1 Å². The molecule has 0 aliphatic rings. The van der Waals surface area contributed by atoms with Crippen LogP contribution in [0.1, 0.15) is 58.8 Å². The van der Waals surface area contributed by atoms with Crippen LogP contribution in [0.3, 0.4) is 0 Å². The predicted octanol–water partition coefficient (Wildman–Crippen LogP) is 6.01. The van der Waals surface area contributed by atoms with Crippen LogP contribution in [0, 0.1) is 0 Å². The van der Waals surface area contributed by atoms with Crippen molar-refractivity contribution in [2.24, 2.45) is 0 Å². The molecule has 0 aliphatic heterocycles. The molecule has 0 spiro atoms. The maximum Gasteiger partial charge on any atom is 0.150 e. The van der Waals surface area contributed by atoms with Gasteiger partial charge in [-0.3, -0.25) is 4.79 Å².